The lowest BCUT2D eigenvalue weighted by molar-refractivity contribution is 0.201. The van der Waals surface area contributed by atoms with E-state index in [-0.39, 0.29) is 5.75 Å². The van der Waals surface area contributed by atoms with Crippen molar-refractivity contribution in [1.29, 1.82) is 0 Å². The molecule has 1 atom stereocenters. The minimum Gasteiger partial charge on any atom is -0.387 e. The fourth-order valence-electron chi connectivity index (χ4n) is 2.06. The summed E-state index contributed by atoms with van der Waals surface area (Å²) in [6.07, 6.45) is -1.17. The van der Waals surface area contributed by atoms with Crippen LogP contribution in [0.4, 0.5) is 4.39 Å². The first kappa shape index (κ1) is 16.1. The number of halogens is 1. The average Bonchev–Trinajstić information content (AvgIpc) is 2.72. The predicted octanol–water partition coefficient (Wildman–Crippen LogP) is 2.55. The number of rotatable bonds is 5. The molecule has 2 rings (SSSR count). The van der Waals surface area contributed by atoms with Gasteiger partial charge in [0.1, 0.15) is 16.6 Å². The van der Waals surface area contributed by atoms with Crippen molar-refractivity contribution in [2.45, 2.75) is 25.7 Å². The molecular formula is C14H16FNO3S2. The quantitative estimate of drug-likeness (QED) is 0.915. The Labute approximate surface area is 127 Å². The zero-order chi connectivity index (χ0) is 15.6. The molecule has 0 saturated heterocycles. The molecule has 0 fully saturated rings. The molecule has 114 valence electrons. The summed E-state index contributed by atoms with van der Waals surface area (Å²) < 4.78 is 37.2. The molecule has 0 aliphatic rings. The number of nitrogens with zero attached hydrogens (tertiary/aromatic N) is 1. The van der Waals surface area contributed by atoms with E-state index < -0.39 is 27.5 Å². The van der Waals surface area contributed by atoms with E-state index in [4.69, 9.17) is 0 Å². The van der Waals surface area contributed by atoms with Crippen LogP contribution >= 0.6 is 11.3 Å². The third-order valence-corrected chi connectivity index (χ3v) is 5.70. The van der Waals surface area contributed by atoms with E-state index in [1.54, 1.807) is 19.2 Å². The van der Waals surface area contributed by atoms with Gasteiger partial charge in [-0.25, -0.2) is 17.8 Å². The number of aryl methyl sites for hydroxylation is 2. The SMILES string of the molecule is Cc1csc(CS(=O)(=O)CC(O)c2ccc(F)cc2C)n1. The molecule has 0 amide bonds. The highest BCUT2D eigenvalue weighted by Crippen LogP contribution is 2.22. The van der Waals surface area contributed by atoms with Crippen LogP contribution in [0.3, 0.4) is 0 Å². The van der Waals surface area contributed by atoms with Crippen LogP contribution in [-0.2, 0) is 15.6 Å². The van der Waals surface area contributed by atoms with Gasteiger partial charge in [-0.3, -0.25) is 0 Å². The Bertz CT molecular complexity index is 740. The Morgan fingerprint density at radius 2 is 2.10 bits per heavy atom. The van der Waals surface area contributed by atoms with Crippen LogP contribution in [0.1, 0.15) is 27.9 Å². The average molecular weight is 329 g/mol. The Balaban J connectivity index is 2.12. The Kier molecular flexibility index (Phi) is 4.75. The third-order valence-electron chi connectivity index (χ3n) is 3.01. The van der Waals surface area contributed by atoms with Gasteiger partial charge in [0.2, 0.25) is 0 Å². The van der Waals surface area contributed by atoms with Gasteiger partial charge in [-0.1, -0.05) is 6.07 Å². The van der Waals surface area contributed by atoms with Crippen LogP contribution in [0, 0.1) is 19.7 Å². The van der Waals surface area contributed by atoms with E-state index in [0.29, 0.717) is 16.1 Å². The lowest BCUT2D eigenvalue weighted by Crippen LogP contribution is -2.17. The standard InChI is InChI=1S/C14H16FNO3S2/c1-9-5-11(15)3-4-12(9)13(17)7-21(18,19)8-14-16-10(2)6-20-14/h3-6,13,17H,7-8H2,1-2H3. The number of aliphatic hydroxyl groups excluding tert-OH is 1. The van der Waals surface area contributed by atoms with E-state index in [0.717, 1.165) is 5.69 Å². The molecular weight excluding hydrogens is 313 g/mol. The highest BCUT2D eigenvalue weighted by molar-refractivity contribution is 7.90. The van der Waals surface area contributed by atoms with Crippen LogP contribution in [0.25, 0.3) is 0 Å². The topological polar surface area (TPSA) is 67.3 Å². The molecule has 1 heterocycles. The summed E-state index contributed by atoms with van der Waals surface area (Å²) in [5, 5.41) is 12.4. The minimum absolute atomic E-state index is 0.192. The molecule has 2 aromatic rings. The van der Waals surface area contributed by atoms with Crippen LogP contribution in [0.15, 0.2) is 23.6 Å². The first-order valence-corrected chi connectivity index (χ1v) is 9.02. The van der Waals surface area contributed by atoms with E-state index in [1.807, 2.05) is 0 Å². The summed E-state index contributed by atoms with van der Waals surface area (Å²) in [6, 6.07) is 3.90. The van der Waals surface area contributed by atoms with Crippen LogP contribution < -0.4 is 0 Å². The van der Waals surface area contributed by atoms with Gasteiger partial charge >= 0.3 is 0 Å². The molecule has 0 saturated carbocycles. The summed E-state index contributed by atoms with van der Waals surface area (Å²) in [6.45, 7) is 3.43. The fourth-order valence-corrected chi connectivity index (χ4v) is 4.65. The molecule has 1 unspecified atom stereocenters. The molecule has 0 aliphatic carbocycles. The number of hydrogen-bond acceptors (Lipinski definition) is 5. The Morgan fingerprint density at radius 3 is 2.67 bits per heavy atom. The van der Waals surface area contributed by atoms with Gasteiger partial charge in [-0.15, -0.1) is 11.3 Å². The van der Waals surface area contributed by atoms with Crippen LogP contribution in [-0.4, -0.2) is 24.3 Å². The molecule has 4 nitrogen and oxygen atoms in total. The highest BCUT2D eigenvalue weighted by Gasteiger charge is 2.22. The maximum absolute atomic E-state index is 13.0. The van der Waals surface area contributed by atoms with Gasteiger partial charge in [0.25, 0.3) is 0 Å². The Hall–Kier alpha value is -1.31. The summed E-state index contributed by atoms with van der Waals surface area (Å²) in [5.74, 6) is -1.01. The second-order valence-electron chi connectivity index (χ2n) is 4.95. The number of sulfone groups is 1. The van der Waals surface area contributed by atoms with Crippen molar-refractivity contribution in [3.8, 4) is 0 Å². The van der Waals surface area contributed by atoms with E-state index in [2.05, 4.69) is 4.98 Å². The van der Waals surface area contributed by atoms with E-state index in [9.17, 15) is 17.9 Å². The number of aromatic nitrogens is 1. The van der Waals surface area contributed by atoms with Crippen molar-refractivity contribution >= 4 is 21.2 Å². The molecule has 7 heteroatoms. The van der Waals surface area contributed by atoms with Crippen molar-refractivity contribution in [1.82, 2.24) is 4.98 Å². The fraction of sp³-hybridized carbons (Fsp3) is 0.357. The van der Waals surface area contributed by atoms with Gasteiger partial charge in [-0.2, -0.15) is 0 Å². The van der Waals surface area contributed by atoms with Gasteiger partial charge < -0.3 is 5.11 Å². The molecule has 1 aromatic heterocycles. The van der Waals surface area contributed by atoms with Gasteiger partial charge in [0.15, 0.2) is 9.84 Å². The summed E-state index contributed by atoms with van der Waals surface area (Å²) >= 11 is 1.28. The maximum Gasteiger partial charge on any atom is 0.159 e. The normalized spacial score (nSPS) is 13.3. The van der Waals surface area contributed by atoms with Crippen molar-refractivity contribution in [3.63, 3.8) is 0 Å². The lowest BCUT2D eigenvalue weighted by Gasteiger charge is -2.13. The summed E-state index contributed by atoms with van der Waals surface area (Å²) in [7, 11) is -3.49. The molecule has 1 N–H and O–H groups in total. The minimum atomic E-state index is -3.49. The smallest absolute Gasteiger partial charge is 0.159 e. The molecule has 1 aromatic carbocycles. The maximum atomic E-state index is 13.0. The largest absolute Gasteiger partial charge is 0.387 e. The number of thiazole rings is 1. The summed E-state index contributed by atoms with van der Waals surface area (Å²) in [4.78, 5) is 4.11. The molecule has 0 bridgehead atoms. The number of benzene rings is 1. The first-order valence-electron chi connectivity index (χ1n) is 6.32. The van der Waals surface area contributed by atoms with Crippen molar-refractivity contribution in [3.05, 3.63) is 51.2 Å². The molecule has 0 aliphatic heterocycles. The second-order valence-corrected chi connectivity index (χ2v) is 8.01. The summed E-state index contributed by atoms with van der Waals surface area (Å²) in [5.41, 5.74) is 1.73. The zero-order valence-corrected chi connectivity index (χ0v) is 13.3. The van der Waals surface area contributed by atoms with E-state index >= 15 is 0 Å². The van der Waals surface area contributed by atoms with Gasteiger partial charge in [0.05, 0.1) is 11.9 Å². The highest BCUT2D eigenvalue weighted by atomic mass is 32.2. The van der Waals surface area contributed by atoms with E-state index in [1.165, 1.54) is 29.5 Å². The first-order chi connectivity index (χ1) is 9.77. The molecule has 21 heavy (non-hydrogen) atoms. The second kappa shape index (κ2) is 6.21. The number of hydrogen-bond donors (Lipinski definition) is 1. The Morgan fingerprint density at radius 1 is 1.38 bits per heavy atom. The van der Waals surface area contributed by atoms with Crippen molar-refractivity contribution in [2.24, 2.45) is 0 Å². The molecule has 0 spiro atoms. The predicted molar refractivity (Wildman–Crippen MR) is 80.4 cm³/mol. The van der Waals surface area contributed by atoms with Gasteiger partial charge in [-0.05, 0) is 37.1 Å². The van der Waals surface area contributed by atoms with Gasteiger partial charge in [0, 0.05) is 11.1 Å². The number of aliphatic hydroxyl groups is 1. The lowest BCUT2D eigenvalue weighted by atomic mass is 10.0. The monoisotopic (exact) mass is 329 g/mol. The van der Waals surface area contributed by atoms with Crippen molar-refractivity contribution in [2.75, 3.05) is 5.75 Å². The third kappa shape index (κ3) is 4.33. The van der Waals surface area contributed by atoms with Crippen molar-refractivity contribution < 1.29 is 17.9 Å². The van der Waals surface area contributed by atoms with Crippen LogP contribution in [0.2, 0.25) is 0 Å². The zero-order valence-electron chi connectivity index (χ0n) is 11.7. The molecule has 0 radical (unpaired) electrons. The van der Waals surface area contributed by atoms with Crippen LogP contribution in [0.5, 0.6) is 0 Å².